The van der Waals surface area contributed by atoms with E-state index in [2.05, 4.69) is 30.8 Å². The van der Waals surface area contributed by atoms with E-state index < -0.39 is 0 Å². The third kappa shape index (κ3) is 2.61. The zero-order valence-corrected chi connectivity index (χ0v) is 8.21. The van der Waals surface area contributed by atoms with E-state index in [-0.39, 0.29) is 0 Å². The molecule has 12 heavy (non-hydrogen) atoms. The van der Waals surface area contributed by atoms with Gasteiger partial charge in [-0.25, -0.2) is 0 Å². The van der Waals surface area contributed by atoms with Crippen LogP contribution in [0, 0.1) is 0 Å². The van der Waals surface area contributed by atoms with Crippen LogP contribution in [-0.4, -0.2) is 37.1 Å². The molecule has 1 rings (SSSR count). The first-order chi connectivity index (χ1) is 5.74. The molecule has 0 spiro atoms. The normalized spacial score (nSPS) is 26.1. The van der Waals surface area contributed by atoms with E-state index in [1.807, 2.05) is 6.08 Å². The van der Waals surface area contributed by atoms with Crippen LogP contribution >= 0.6 is 0 Å². The van der Waals surface area contributed by atoms with Crippen molar-refractivity contribution in [1.82, 2.24) is 10.2 Å². The zero-order chi connectivity index (χ0) is 8.97. The smallest absolute Gasteiger partial charge is 0.0244 e. The van der Waals surface area contributed by atoms with E-state index in [0.29, 0.717) is 12.1 Å². The van der Waals surface area contributed by atoms with Gasteiger partial charge < -0.3 is 5.32 Å². The van der Waals surface area contributed by atoms with Crippen LogP contribution < -0.4 is 5.32 Å². The Kier molecular flexibility index (Phi) is 3.76. The van der Waals surface area contributed by atoms with Crippen molar-refractivity contribution in [2.75, 3.05) is 20.1 Å². The summed E-state index contributed by atoms with van der Waals surface area (Å²) in [5.74, 6) is 0. The highest BCUT2D eigenvalue weighted by atomic mass is 15.1. The third-order valence-corrected chi connectivity index (χ3v) is 2.71. The quantitative estimate of drug-likeness (QED) is 0.635. The molecule has 0 aromatic heterocycles. The van der Waals surface area contributed by atoms with Crippen molar-refractivity contribution in [3.8, 4) is 0 Å². The lowest BCUT2D eigenvalue weighted by Gasteiger charge is -2.25. The summed E-state index contributed by atoms with van der Waals surface area (Å²) < 4.78 is 0. The fraction of sp³-hybridized carbons (Fsp3) is 0.800. The van der Waals surface area contributed by atoms with Gasteiger partial charge in [-0.2, -0.15) is 0 Å². The van der Waals surface area contributed by atoms with Gasteiger partial charge in [0.1, 0.15) is 0 Å². The molecule has 1 saturated heterocycles. The summed E-state index contributed by atoms with van der Waals surface area (Å²) in [6.45, 7) is 8.32. The lowest BCUT2D eigenvalue weighted by Crippen LogP contribution is -2.38. The number of nitrogens with zero attached hydrogens (tertiary/aromatic N) is 1. The molecule has 2 unspecified atom stereocenters. The van der Waals surface area contributed by atoms with Crippen molar-refractivity contribution >= 4 is 0 Å². The summed E-state index contributed by atoms with van der Waals surface area (Å²) in [5.41, 5.74) is 0. The largest absolute Gasteiger partial charge is 0.313 e. The Morgan fingerprint density at radius 2 is 2.50 bits per heavy atom. The molecule has 0 aliphatic carbocycles. The number of nitrogens with one attached hydrogen (secondary N) is 1. The molecule has 2 heteroatoms. The van der Waals surface area contributed by atoms with Gasteiger partial charge in [0.25, 0.3) is 0 Å². The second kappa shape index (κ2) is 4.63. The molecular weight excluding hydrogens is 148 g/mol. The summed E-state index contributed by atoms with van der Waals surface area (Å²) in [6.07, 6.45) is 4.66. The van der Waals surface area contributed by atoms with Gasteiger partial charge in [-0.05, 0) is 33.4 Å². The van der Waals surface area contributed by atoms with Gasteiger partial charge in [0.05, 0.1) is 0 Å². The number of hydrogen-bond acceptors (Lipinski definition) is 2. The number of hydrogen-bond donors (Lipinski definition) is 1. The summed E-state index contributed by atoms with van der Waals surface area (Å²) in [4.78, 5) is 2.34. The van der Waals surface area contributed by atoms with Crippen LogP contribution in [0.1, 0.15) is 19.8 Å². The second-order valence-corrected chi connectivity index (χ2v) is 3.71. The highest BCUT2D eigenvalue weighted by Crippen LogP contribution is 2.07. The van der Waals surface area contributed by atoms with E-state index in [4.69, 9.17) is 0 Å². The molecular formula is C10H20N2. The maximum Gasteiger partial charge on any atom is 0.0244 e. The van der Waals surface area contributed by atoms with Crippen LogP contribution in [0.4, 0.5) is 0 Å². The Morgan fingerprint density at radius 3 is 3.00 bits per heavy atom. The molecule has 1 aliphatic rings. The van der Waals surface area contributed by atoms with E-state index in [9.17, 15) is 0 Å². The Labute approximate surface area is 75.6 Å². The van der Waals surface area contributed by atoms with Crippen molar-refractivity contribution in [1.29, 1.82) is 0 Å². The Hall–Kier alpha value is -0.340. The highest BCUT2D eigenvalue weighted by Gasteiger charge is 2.17. The van der Waals surface area contributed by atoms with Crippen LogP contribution in [0.2, 0.25) is 0 Å². The molecule has 1 N–H and O–H groups in total. The standard InChI is InChI=1S/C10H20N2/c1-4-9(2)12(3)8-10-6-5-7-11-10/h4,9-11H,1,5-8H2,2-3H3. The molecule has 1 heterocycles. The fourth-order valence-corrected chi connectivity index (χ4v) is 1.61. The first kappa shape index (κ1) is 9.75. The molecule has 0 radical (unpaired) electrons. The first-order valence-electron chi connectivity index (χ1n) is 4.80. The number of rotatable bonds is 4. The fourth-order valence-electron chi connectivity index (χ4n) is 1.61. The van der Waals surface area contributed by atoms with E-state index in [0.717, 1.165) is 6.54 Å². The number of likely N-dealkylation sites (N-methyl/N-ethyl adjacent to an activating group) is 1. The maximum atomic E-state index is 3.79. The molecule has 2 nitrogen and oxygen atoms in total. The first-order valence-corrected chi connectivity index (χ1v) is 4.80. The molecule has 2 atom stereocenters. The molecule has 1 aliphatic heterocycles. The Morgan fingerprint density at radius 1 is 1.75 bits per heavy atom. The minimum absolute atomic E-state index is 0.493. The molecule has 0 bridgehead atoms. The van der Waals surface area contributed by atoms with Crippen molar-refractivity contribution in [2.45, 2.75) is 31.8 Å². The van der Waals surface area contributed by atoms with Gasteiger partial charge >= 0.3 is 0 Å². The highest BCUT2D eigenvalue weighted by molar-refractivity contribution is 4.85. The van der Waals surface area contributed by atoms with Crippen molar-refractivity contribution in [2.24, 2.45) is 0 Å². The predicted molar refractivity (Wildman–Crippen MR) is 53.3 cm³/mol. The van der Waals surface area contributed by atoms with E-state index >= 15 is 0 Å². The van der Waals surface area contributed by atoms with E-state index in [1.54, 1.807) is 0 Å². The lowest BCUT2D eigenvalue weighted by molar-refractivity contribution is 0.269. The predicted octanol–water partition coefficient (Wildman–Crippen LogP) is 1.24. The second-order valence-electron chi connectivity index (χ2n) is 3.71. The third-order valence-electron chi connectivity index (χ3n) is 2.71. The van der Waals surface area contributed by atoms with Gasteiger partial charge in [0.2, 0.25) is 0 Å². The van der Waals surface area contributed by atoms with E-state index in [1.165, 1.54) is 19.4 Å². The van der Waals surface area contributed by atoms with Gasteiger partial charge in [-0.3, -0.25) is 4.90 Å². The molecule has 70 valence electrons. The van der Waals surface area contributed by atoms with Crippen LogP contribution in [0.25, 0.3) is 0 Å². The Balaban J connectivity index is 2.24. The monoisotopic (exact) mass is 168 g/mol. The van der Waals surface area contributed by atoms with Crippen LogP contribution in [0.15, 0.2) is 12.7 Å². The van der Waals surface area contributed by atoms with Gasteiger partial charge in [-0.15, -0.1) is 6.58 Å². The van der Waals surface area contributed by atoms with Gasteiger partial charge in [0.15, 0.2) is 0 Å². The lowest BCUT2D eigenvalue weighted by atomic mass is 10.2. The van der Waals surface area contributed by atoms with Gasteiger partial charge in [0, 0.05) is 18.6 Å². The molecule has 0 aromatic carbocycles. The SMILES string of the molecule is C=CC(C)N(C)CC1CCCN1. The van der Waals surface area contributed by atoms with Gasteiger partial charge in [-0.1, -0.05) is 6.08 Å². The van der Waals surface area contributed by atoms with Crippen LogP contribution in [-0.2, 0) is 0 Å². The maximum absolute atomic E-state index is 3.79. The minimum Gasteiger partial charge on any atom is -0.313 e. The summed E-state index contributed by atoms with van der Waals surface area (Å²) in [5, 5.41) is 3.49. The average molecular weight is 168 g/mol. The Bertz CT molecular complexity index is 139. The summed E-state index contributed by atoms with van der Waals surface area (Å²) in [6, 6.07) is 1.20. The summed E-state index contributed by atoms with van der Waals surface area (Å²) >= 11 is 0. The molecule has 0 aromatic rings. The average Bonchev–Trinajstić information content (AvgIpc) is 2.55. The van der Waals surface area contributed by atoms with Crippen LogP contribution in [0.5, 0.6) is 0 Å². The zero-order valence-electron chi connectivity index (χ0n) is 8.21. The molecule has 0 amide bonds. The topological polar surface area (TPSA) is 15.3 Å². The molecule has 1 fully saturated rings. The van der Waals surface area contributed by atoms with Crippen molar-refractivity contribution in [3.63, 3.8) is 0 Å². The van der Waals surface area contributed by atoms with Crippen molar-refractivity contribution in [3.05, 3.63) is 12.7 Å². The summed E-state index contributed by atoms with van der Waals surface area (Å²) in [7, 11) is 2.16. The van der Waals surface area contributed by atoms with Crippen molar-refractivity contribution < 1.29 is 0 Å². The molecule has 0 saturated carbocycles. The van der Waals surface area contributed by atoms with Crippen LogP contribution in [0.3, 0.4) is 0 Å². The minimum atomic E-state index is 0.493.